The molecule has 0 aliphatic carbocycles. The molecule has 2 N–H and O–H groups in total. The maximum absolute atomic E-state index is 13.5. The number of non-ortho nitro benzene ring substituents is 1. The summed E-state index contributed by atoms with van der Waals surface area (Å²) in [5, 5.41) is 24.4. The average Bonchev–Trinajstić information content (AvgIpc) is 2.58. The minimum absolute atomic E-state index is 0.109. The number of halogens is 2. The zero-order valence-electron chi connectivity index (χ0n) is 12.5. The van der Waals surface area contributed by atoms with Crippen LogP contribution in [0.2, 0.25) is 0 Å². The van der Waals surface area contributed by atoms with Gasteiger partial charge in [-0.3, -0.25) is 14.9 Å². The maximum Gasteiger partial charge on any atom is 0.271 e. The van der Waals surface area contributed by atoms with Crippen LogP contribution in [0.3, 0.4) is 0 Å². The molecule has 0 saturated heterocycles. The third kappa shape index (κ3) is 4.59. The Bertz CT molecular complexity index is 906. The topological polar surface area (TPSA) is 108 Å². The van der Waals surface area contributed by atoms with E-state index in [1.807, 2.05) is 0 Å². The number of hydrogen-bond donors (Lipinski definition) is 2. The average molecular weight is 344 g/mol. The SMILES string of the molecule is N#C/C(=C/Nc1cc(F)ccc1F)C(=O)Nc1cccc([N+](=O)[O-])c1. The second kappa shape index (κ2) is 7.65. The summed E-state index contributed by atoms with van der Waals surface area (Å²) in [6, 6.07) is 9.40. The molecule has 0 aliphatic heterocycles. The van der Waals surface area contributed by atoms with Crippen LogP contribution in [-0.2, 0) is 4.79 Å². The highest BCUT2D eigenvalue weighted by molar-refractivity contribution is 6.06. The van der Waals surface area contributed by atoms with Gasteiger partial charge in [0.25, 0.3) is 11.6 Å². The summed E-state index contributed by atoms with van der Waals surface area (Å²) >= 11 is 0. The lowest BCUT2D eigenvalue weighted by Gasteiger charge is -2.06. The van der Waals surface area contributed by atoms with Crippen LogP contribution in [0.5, 0.6) is 0 Å². The molecule has 9 heteroatoms. The zero-order valence-corrected chi connectivity index (χ0v) is 12.5. The van der Waals surface area contributed by atoms with Gasteiger partial charge in [-0.25, -0.2) is 8.78 Å². The fourth-order valence-electron chi connectivity index (χ4n) is 1.80. The summed E-state index contributed by atoms with van der Waals surface area (Å²) < 4.78 is 26.6. The molecule has 7 nitrogen and oxygen atoms in total. The molecule has 0 atom stereocenters. The van der Waals surface area contributed by atoms with Crippen LogP contribution in [0, 0.1) is 33.1 Å². The van der Waals surface area contributed by atoms with E-state index in [1.54, 1.807) is 6.07 Å². The Morgan fingerprint density at radius 1 is 1.24 bits per heavy atom. The van der Waals surface area contributed by atoms with Crippen molar-refractivity contribution in [3.8, 4) is 6.07 Å². The van der Waals surface area contributed by atoms with Gasteiger partial charge in [-0.05, 0) is 18.2 Å². The first kappa shape index (κ1) is 17.6. The third-order valence-electron chi connectivity index (χ3n) is 2.98. The van der Waals surface area contributed by atoms with Crippen LogP contribution in [-0.4, -0.2) is 10.8 Å². The van der Waals surface area contributed by atoms with Crippen molar-refractivity contribution in [3.05, 3.63) is 76.0 Å². The molecule has 0 bridgehead atoms. The fourth-order valence-corrected chi connectivity index (χ4v) is 1.80. The van der Waals surface area contributed by atoms with Gasteiger partial charge >= 0.3 is 0 Å². The van der Waals surface area contributed by atoms with E-state index in [0.717, 1.165) is 30.5 Å². The number of nitriles is 1. The van der Waals surface area contributed by atoms with Crippen molar-refractivity contribution in [2.45, 2.75) is 0 Å². The molecular weight excluding hydrogens is 334 g/mol. The third-order valence-corrected chi connectivity index (χ3v) is 2.98. The summed E-state index contributed by atoms with van der Waals surface area (Å²) in [7, 11) is 0. The smallest absolute Gasteiger partial charge is 0.271 e. The molecule has 1 amide bonds. The highest BCUT2D eigenvalue weighted by Gasteiger charge is 2.12. The number of amides is 1. The van der Waals surface area contributed by atoms with Gasteiger partial charge in [0.2, 0.25) is 0 Å². The van der Waals surface area contributed by atoms with Crippen molar-refractivity contribution < 1.29 is 18.5 Å². The van der Waals surface area contributed by atoms with Gasteiger partial charge in [-0.2, -0.15) is 5.26 Å². The predicted octanol–water partition coefficient (Wildman–Crippen LogP) is 3.33. The monoisotopic (exact) mass is 344 g/mol. The van der Waals surface area contributed by atoms with Crippen LogP contribution >= 0.6 is 0 Å². The number of benzene rings is 2. The van der Waals surface area contributed by atoms with Crippen molar-refractivity contribution in [1.82, 2.24) is 0 Å². The molecule has 2 rings (SSSR count). The maximum atomic E-state index is 13.5. The molecule has 126 valence electrons. The molecule has 0 aromatic heterocycles. The van der Waals surface area contributed by atoms with Gasteiger partial charge < -0.3 is 10.6 Å². The predicted molar refractivity (Wildman–Crippen MR) is 85.4 cm³/mol. The van der Waals surface area contributed by atoms with E-state index in [9.17, 15) is 23.7 Å². The Kier molecular flexibility index (Phi) is 5.37. The summed E-state index contributed by atoms with van der Waals surface area (Å²) in [6.07, 6.45) is 0.907. The molecule has 0 heterocycles. The number of nitrogens with zero attached hydrogens (tertiary/aromatic N) is 2. The number of nitro benzene ring substituents is 1. The van der Waals surface area contributed by atoms with Crippen molar-refractivity contribution in [3.63, 3.8) is 0 Å². The van der Waals surface area contributed by atoms with E-state index < -0.39 is 28.0 Å². The standard InChI is InChI=1S/C16H10F2N4O3/c17-11-4-5-14(18)15(6-11)20-9-10(8-19)16(23)21-12-2-1-3-13(7-12)22(24)25/h1-7,9,20H,(H,21,23)/b10-9-. The van der Waals surface area contributed by atoms with Gasteiger partial charge in [0.1, 0.15) is 23.3 Å². The quantitative estimate of drug-likeness (QED) is 0.374. The highest BCUT2D eigenvalue weighted by atomic mass is 19.1. The van der Waals surface area contributed by atoms with E-state index in [4.69, 9.17) is 5.26 Å². The number of hydrogen-bond acceptors (Lipinski definition) is 5. The molecule has 0 saturated carbocycles. The van der Waals surface area contributed by atoms with Gasteiger partial charge in [-0.1, -0.05) is 6.07 Å². The number of rotatable bonds is 5. The normalized spacial score (nSPS) is 10.7. The molecule has 0 fully saturated rings. The van der Waals surface area contributed by atoms with E-state index in [-0.39, 0.29) is 17.1 Å². The van der Waals surface area contributed by atoms with Crippen molar-refractivity contribution >= 4 is 23.0 Å². The van der Waals surface area contributed by atoms with Gasteiger partial charge in [0.05, 0.1) is 10.6 Å². The Morgan fingerprint density at radius 3 is 2.68 bits per heavy atom. The molecule has 0 radical (unpaired) electrons. The molecule has 2 aromatic rings. The van der Waals surface area contributed by atoms with Crippen molar-refractivity contribution in [2.75, 3.05) is 10.6 Å². The number of nitrogens with one attached hydrogen (secondary N) is 2. The van der Waals surface area contributed by atoms with Crippen molar-refractivity contribution in [1.29, 1.82) is 5.26 Å². The second-order valence-corrected chi connectivity index (χ2v) is 4.70. The fraction of sp³-hybridized carbons (Fsp3) is 0. The lowest BCUT2D eigenvalue weighted by molar-refractivity contribution is -0.384. The number of carbonyl (C=O) groups is 1. The molecule has 0 aliphatic rings. The molecular formula is C16H10F2N4O3. The number of nitro groups is 1. The molecule has 0 unspecified atom stereocenters. The molecule has 2 aromatic carbocycles. The first-order chi connectivity index (χ1) is 11.9. The van der Waals surface area contributed by atoms with E-state index in [0.29, 0.717) is 0 Å². The lowest BCUT2D eigenvalue weighted by atomic mass is 10.2. The zero-order chi connectivity index (χ0) is 18.4. The van der Waals surface area contributed by atoms with Crippen LogP contribution in [0.25, 0.3) is 0 Å². The number of carbonyl (C=O) groups excluding carboxylic acids is 1. The first-order valence-corrected chi connectivity index (χ1v) is 6.78. The molecule has 25 heavy (non-hydrogen) atoms. The van der Waals surface area contributed by atoms with Crippen molar-refractivity contribution in [2.24, 2.45) is 0 Å². The van der Waals surface area contributed by atoms with E-state index in [2.05, 4.69) is 10.6 Å². The van der Waals surface area contributed by atoms with Gasteiger partial charge in [0.15, 0.2) is 0 Å². The number of anilines is 2. The summed E-state index contributed by atoms with van der Waals surface area (Å²) in [6.45, 7) is 0. The Balaban J connectivity index is 2.15. The Hall–Kier alpha value is -3.80. The van der Waals surface area contributed by atoms with Crippen LogP contribution in [0.15, 0.2) is 54.2 Å². The second-order valence-electron chi connectivity index (χ2n) is 4.70. The van der Waals surface area contributed by atoms with Crippen LogP contribution < -0.4 is 10.6 Å². The van der Waals surface area contributed by atoms with E-state index in [1.165, 1.54) is 18.2 Å². The Labute approximate surface area is 140 Å². The van der Waals surface area contributed by atoms with E-state index >= 15 is 0 Å². The summed E-state index contributed by atoms with van der Waals surface area (Å²) in [5.74, 6) is -2.34. The summed E-state index contributed by atoms with van der Waals surface area (Å²) in [4.78, 5) is 22.1. The van der Waals surface area contributed by atoms with Crippen LogP contribution in [0.1, 0.15) is 0 Å². The van der Waals surface area contributed by atoms with Crippen LogP contribution in [0.4, 0.5) is 25.8 Å². The lowest BCUT2D eigenvalue weighted by Crippen LogP contribution is -2.14. The first-order valence-electron chi connectivity index (χ1n) is 6.78. The minimum Gasteiger partial charge on any atom is -0.358 e. The highest BCUT2D eigenvalue weighted by Crippen LogP contribution is 2.18. The minimum atomic E-state index is -0.868. The Morgan fingerprint density at radius 2 is 2.00 bits per heavy atom. The molecule has 0 spiro atoms. The van der Waals surface area contributed by atoms with Gasteiger partial charge in [-0.15, -0.1) is 0 Å². The summed E-state index contributed by atoms with van der Waals surface area (Å²) in [5.41, 5.74) is -0.816. The largest absolute Gasteiger partial charge is 0.358 e. The van der Waals surface area contributed by atoms with Gasteiger partial charge in [0, 0.05) is 30.1 Å².